The van der Waals surface area contributed by atoms with Crippen LogP contribution in [0.3, 0.4) is 0 Å². The fourth-order valence-corrected chi connectivity index (χ4v) is 4.78. The van der Waals surface area contributed by atoms with Crippen LogP contribution in [-0.2, 0) is 16.7 Å². The summed E-state index contributed by atoms with van der Waals surface area (Å²) in [6, 6.07) is 16.5. The van der Waals surface area contributed by atoms with Gasteiger partial charge in [0.25, 0.3) is 10.1 Å². The Morgan fingerprint density at radius 2 is 1.86 bits per heavy atom. The Morgan fingerprint density at radius 3 is 2.57 bits per heavy atom. The summed E-state index contributed by atoms with van der Waals surface area (Å²) in [5, 5.41) is 13.4. The van der Waals surface area contributed by atoms with E-state index in [1.54, 1.807) is 12.1 Å². The molecule has 0 unspecified atom stereocenters. The first-order valence-electron chi connectivity index (χ1n) is 8.95. The van der Waals surface area contributed by atoms with E-state index in [-0.39, 0.29) is 10.9 Å². The average Bonchev–Trinajstić information content (AvgIpc) is 3.31. The van der Waals surface area contributed by atoms with E-state index in [4.69, 9.17) is 4.55 Å². The van der Waals surface area contributed by atoms with E-state index >= 15 is 0 Å². The Balaban J connectivity index is 1.45. The first-order valence-corrected chi connectivity index (χ1v) is 11.2. The monoisotopic (exact) mass is 416 g/mol. The van der Waals surface area contributed by atoms with E-state index < -0.39 is 10.1 Å². The molecule has 1 fully saturated rings. The van der Waals surface area contributed by atoms with Crippen LogP contribution in [0, 0.1) is 0 Å². The fraction of sp³-hybridized carbons (Fsp3) is 0.263. The number of nitrogens with zero attached hydrogens (tertiary/aromatic N) is 3. The maximum absolute atomic E-state index is 11.1. The van der Waals surface area contributed by atoms with Gasteiger partial charge in [-0.15, -0.1) is 10.2 Å². The minimum absolute atomic E-state index is 0.140. The molecule has 2 N–H and O–H groups in total. The Hall–Kier alpha value is -2.33. The van der Waals surface area contributed by atoms with Crippen molar-refractivity contribution in [2.45, 2.75) is 30.3 Å². The number of aromatic nitrogens is 2. The summed E-state index contributed by atoms with van der Waals surface area (Å²) in [6.07, 6.45) is 2.20. The third kappa shape index (κ3) is 4.39. The van der Waals surface area contributed by atoms with E-state index in [9.17, 15) is 8.42 Å². The lowest BCUT2D eigenvalue weighted by Crippen LogP contribution is -2.22. The molecule has 9 heteroatoms. The number of benzene rings is 2. The topological polar surface area (TPSA) is 95.4 Å². The van der Waals surface area contributed by atoms with Crippen molar-refractivity contribution in [1.29, 1.82) is 0 Å². The maximum Gasteiger partial charge on any atom is 0.294 e. The van der Waals surface area contributed by atoms with Crippen molar-refractivity contribution in [2.75, 3.05) is 11.9 Å². The molecule has 2 heterocycles. The highest BCUT2D eigenvalue weighted by Gasteiger charge is 2.29. The van der Waals surface area contributed by atoms with E-state index in [0.29, 0.717) is 10.8 Å². The molecular formula is C19H20N4O3S2. The van der Waals surface area contributed by atoms with Crippen LogP contribution in [-0.4, -0.2) is 34.6 Å². The molecule has 0 amide bonds. The van der Waals surface area contributed by atoms with Crippen molar-refractivity contribution in [3.8, 4) is 0 Å². The zero-order chi connectivity index (χ0) is 19.6. The third-order valence-corrected chi connectivity index (χ3v) is 6.53. The highest BCUT2D eigenvalue weighted by Crippen LogP contribution is 2.36. The standard InChI is InChI=1S/C19H20N4O3S2/c24-28(25,26)16-10-8-15(9-11-16)20-19-22-21-18(27-19)17-7-4-12-23(17)13-14-5-2-1-3-6-14/h1-3,5-6,8-11,17H,4,7,12-13H2,(H,20,22)(H,24,25,26)/t17-/m0/s1. The molecule has 0 spiro atoms. The molecule has 4 rings (SSSR count). The first kappa shape index (κ1) is 19.0. The van der Waals surface area contributed by atoms with Crippen molar-refractivity contribution >= 4 is 32.3 Å². The molecule has 1 aliphatic heterocycles. The molecule has 1 aliphatic rings. The van der Waals surface area contributed by atoms with Crippen molar-refractivity contribution in [3.05, 3.63) is 65.2 Å². The summed E-state index contributed by atoms with van der Waals surface area (Å²) in [5.74, 6) is 0. The largest absolute Gasteiger partial charge is 0.330 e. The Bertz CT molecular complexity index is 1040. The lowest BCUT2D eigenvalue weighted by atomic mass is 10.2. The first-order chi connectivity index (χ1) is 13.5. The van der Waals surface area contributed by atoms with Crippen LogP contribution in [0.1, 0.15) is 29.5 Å². The molecule has 1 aromatic heterocycles. The lowest BCUT2D eigenvalue weighted by molar-refractivity contribution is 0.247. The number of anilines is 2. The van der Waals surface area contributed by atoms with Gasteiger partial charge in [-0.05, 0) is 49.2 Å². The molecule has 1 atom stereocenters. The summed E-state index contributed by atoms with van der Waals surface area (Å²) in [5.41, 5.74) is 1.97. The van der Waals surface area contributed by atoms with Gasteiger partial charge in [-0.3, -0.25) is 9.45 Å². The Labute approximate surface area is 167 Å². The SMILES string of the molecule is O=S(=O)(O)c1ccc(Nc2nnc([C@@H]3CCCN3Cc3ccccc3)s2)cc1. The predicted molar refractivity (Wildman–Crippen MR) is 108 cm³/mol. The second kappa shape index (κ2) is 7.96. The minimum Gasteiger partial charge on any atom is -0.330 e. The molecule has 0 saturated carbocycles. The maximum atomic E-state index is 11.1. The van der Waals surface area contributed by atoms with Crippen LogP contribution in [0.15, 0.2) is 59.5 Å². The van der Waals surface area contributed by atoms with Crippen LogP contribution in [0.4, 0.5) is 10.8 Å². The van der Waals surface area contributed by atoms with Crippen LogP contribution < -0.4 is 5.32 Å². The van der Waals surface area contributed by atoms with Crippen LogP contribution in [0.25, 0.3) is 0 Å². The van der Waals surface area contributed by atoms with Gasteiger partial charge >= 0.3 is 0 Å². The van der Waals surface area contributed by atoms with Gasteiger partial charge in [-0.1, -0.05) is 41.7 Å². The van der Waals surface area contributed by atoms with Crippen molar-refractivity contribution in [1.82, 2.24) is 15.1 Å². The number of rotatable bonds is 6. The van der Waals surface area contributed by atoms with Crippen LogP contribution >= 0.6 is 11.3 Å². The molecule has 28 heavy (non-hydrogen) atoms. The average molecular weight is 417 g/mol. The number of hydrogen-bond acceptors (Lipinski definition) is 7. The summed E-state index contributed by atoms with van der Waals surface area (Å²) in [4.78, 5) is 2.29. The molecule has 146 valence electrons. The lowest BCUT2D eigenvalue weighted by Gasteiger charge is -2.22. The smallest absolute Gasteiger partial charge is 0.294 e. The van der Waals surface area contributed by atoms with E-state index in [1.807, 2.05) is 6.07 Å². The zero-order valence-corrected chi connectivity index (χ0v) is 16.7. The number of nitrogens with one attached hydrogen (secondary N) is 1. The second-order valence-electron chi connectivity index (χ2n) is 6.68. The molecule has 7 nitrogen and oxygen atoms in total. The quantitative estimate of drug-likeness (QED) is 0.589. The van der Waals surface area contributed by atoms with E-state index in [0.717, 1.165) is 30.9 Å². The highest BCUT2D eigenvalue weighted by atomic mass is 32.2. The molecule has 1 saturated heterocycles. The molecule has 3 aromatic rings. The van der Waals surface area contributed by atoms with Crippen molar-refractivity contribution in [3.63, 3.8) is 0 Å². The third-order valence-electron chi connectivity index (χ3n) is 4.72. The van der Waals surface area contributed by atoms with Crippen molar-refractivity contribution < 1.29 is 13.0 Å². The van der Waals surface area contributed by atoms with Gasteiger partial charge in [0.05, 0.1) is 10.9 Å². The van der Waals surface area contributed by atoms with Gasteiger partial charge < -0.3 is 5.32 Å². The van der Waals surface area contributed by atoms with Gasteiger partial charge in [-0.25, -0.2) is 0 Å². The van der Waals surface area contributed by atoms with E-state index in [2.05, 4.69) is 44.7 Å². The summed E-state index contributed by atoms with van der Waals surface area (Å²) < 4.78 is 31.3. The predicted octanol–water partition coefficient (Wildman–Crippen LogP) is 3.87. The number of hydrogen-bond donors (Lipinski definition) is 2. The summed E-state index contributed by atoms with van der Waals surface area (Å²) >= 11 is 1.51. The van der Waals surface area contributed by atoms with Crippen molar-refractivity contribution in [2.24, 2.45) is 0 Å². The molecule has 0 bridgehead atoms. The Kier molecular flexibility index (Phi) is 5.40. The van der Waals surface area contributed by atoms with Gasteiger partial charge in [0.1, 0.15) is 5.01 Å². The molecular weight excluding hydrogens is 396 g/mol. The highest BCUT2D eigenvalue weighted by molar-refractivity contribution is 7.85. The van der Waals surface area contributed by atoms with Gasteiger partial charge in [0.2, 0.25) is 5.13 Å². The van der Waals surface area contributed by atoms with Crippen LogP contribution in [0.5, 0.6) is 0 Å². The zero-order valence-electron chi connectivity index (χ0n) is 15.0. The minimum atomic E-state index is -4.19. The Morgan fingerprint density at radius 1 is 1.11 bits per heavy atom. The second-order valence-corrected chi connectivity index (χ2v) is 9.11. The van der Waals surface area contributed by atoms with Gasteiger partial charge in [-0.2, -0.15) is 8.42 Å². The van der Waals surface area contributed by atoms with E-state index in [1.165, 1.54) is 29.0 Å². The molecule has 2 aromatic carbocycles. The molecule has 0 radical (unpaired) electrons. The summed E-state index contributed by atoms with van der Waals surface area (Å²) in [6.45, 7) is 1.93. The molecule has 0 aliphatic carbocycles. The summed E-state index contributed by atoms with van der Waals surface area (Å²) in [7, 11) is -4.19. The normalized spacial score (nSPS) is 17.7. The fourth-order valence-electron chi connectivity index (χ4n) is 3.37. The van der Waals surface area contributed by atoms with Gasteiger partial charge in [0, 0.05) is 12.2 Å². The number of likely N-dealkylation sites (tertiary alicyclic amines) is 1. The van der Waals surface area contributed by atoms with Gasteiger partial charge in [0.15, 0.2) is 0 Å². The van der Waals surface area contributed by atoms with Crippen LogP contribution in [0.2, 0.25) is 0 Å².